The van der Waals surface area contributed by atoms with Crippen molar-refractivity contribution in [2.45, 2.75) is 18.6 Å². The van der Waals surface area contributed by atoms with Gasteiger partial charge in [-0.1, -0.05) is 24.3 Å². The number of carbonyl (C=O) groups excluding carboxylic acids is 2. The Balaban J connectivity index is 1.66. The third-order valence-electron chi connectivity index (χ3n) is 4.86. The highest BCUT2D eigenvalue weighted by Gasteiger charge is 2.34. The molecule has 0 fully saturated rings. The molecule has 9 heteroatoms. The predicted octanol–water partition coefficient (Wildman–Crippen LogP) is 3.00. The fourth-order valence-electron chi connectivity index (χ4n) is 3.30. The van der Waals surface area contributed by atoms with Crippen LogP contribution in [0.15, 0.2) is 42.5 Å². The monoisotopic (exact) mass is 421 g/mol. The molecule has 1 aliphatic rings. The first kappa shape index (κ1) is 21.6. The molecule has 1 unspecified atom stereocenters. The van der Waals surface area contributed by atoms with E-state index in [2.05, 4.69) is 5.32 Å². The van der Waals surface area contributed by atoms with Crippen LogP contribution in [0.3, 0.4) is 0 Å². The van der Waals surface area contributed by atoms with Gasteiger partial charge >= 0.3 is 18.0 Å². The lowest BCUT2D eigenvalue weighted by molar-refractivity contribution is -0.138. The normalized spacial score (nSPS) is 14.1. The quantitative estimate of drug-likeness (QED) is 0.729. The molecule has 30 heavy (non-hydrogen) atoms. The topological polar surface area (TPSA) is 70.7 Å². The summed E-state index contributed by atoms with van der Waals surface area (Å²) in [7, 11) is 3.67. The maximum atomic E-state index is 13.1. The highest BCUT2D eigenvalue weighted by molar-refractivity contribution is 6.39. The van der Waals surface area contributed by atoms with Gasteiger partial charge in [-0.05, 0) is 43.4 Å². The van der Waals surface area contributed by atoms with Gasteiger partial charge in [0.15, 0.2) is 0 Å². The first-order valence-electron chi connectivity index (χ1n) is 9.34. The van der Waals surface area contributed by atoms with Gasteiger partial charge in [0, 0.05) is 13.0 Å². The van der Waals surface area contributed by atoms with Crippen molar-refractivity contribution in [3.8, 4) is 5.75 Å². The fraction of sp³-hybridized carbons (Fsp3) is 0.333. The highest BCUT2D eigenvalue weighted by atomic mass is 19.4. The van der Waals surface area contributed by atoms with Crippen LogP contribution in [-0.2, 0) is 22.2 Å². The first-order valence-corrected chi connectivity index (χ1v) is 9.34. The zero-order chi connectivity index (χ0) is 21.9. The standard InChI is InChI=1S/C21H22F3N3O3/c1-27(2)17(13-7-8-18-14(11-13)9-10-30-18)12-25-19(28)20(29)26-16-6-4-3-5-15(16)21(22,23)24/h3-8,11,17H,9-10,12H2,1-2H3,(H,25,28)(H,26,29). The summed E-state index contributed by atoms with van der Waals surface area (Å²) in [5.74, 6) is -1.34. The second-order valence-electron chi connectivity index (χ2n) is 7.15. The van der Waals surface area contributed by atoms with Gasteiger partial charge in [0.25, 0.3) is 0 Å². The molecular weight excluding hydrogens is 399 g/mol. The van der Waals surface area contributed by atoms with Crippen LogP contribution in [0.2, 0.25) is 0 Å². The van der Waals surface area contributed by atoms with Crippen molar-refractivity contribution in [1.29, 1.82) is 0 Å². The number of amides is 2. The number of halogens is 3. The van der Waals surface area contributed by atoms with Crippen molar-refractivity contribution < 1.29 is 27.5 Å². The van der Waals surface area contributed by atoms with Crippen LogP contribution in [0.25, 0.3) is 0 Å². The molecule has 0 saturated heterocycles. The smallest absolute Gasteiger partial charge is 0.418 e. The number of carbonyl (C=O) groups is 2. The zero-order valence-electron chi connectivity index (χ0n) is 16.5. The Labute approximate surface area is 172 Å². The minimum absolute atomic E-state index is 0.111. The second kappa shape index (κ2) is 8.74. The van der Waals surface area contributed by atoms with Gasteiger partial charge < -0.3 is 20.3 Å². The number of nitrogens with zero attached hydrogens (tertiary/aromatic N) is 1. The van der Waals surface area contributed by atoms with Crippen LogP contribution < -0.4 is 15.4 Å². The summed E-state index contributed by atoms with van der Waals surface area (Å²) in [6, 6.07) is 10.0. The number of fused-ring (bicyclic) bond motifs is 1. The Bertz CT molecular complexity index is 945. The third-order valence-corrected chi connectivity index (χ3v) is 4.86. The summed E-state index contributed by atoms with van der Waals surface area (Å²) < 4.78 is 44.7. The van der Waals surface area contributed by atoms with Crippen LogP contribution in [-0.4, -0.2) is 44.0 Å². The summed E-state index contributed by atoms with van der Waals surface area (Å²) in [6.45, 7) is 0.738. The van der Waals surface area contributed by atoms with Crippen LogP contribution in [0.4, 0.5) is 18.9 Å². The molecule has 2 aromatic rings. The van der Waals surface area contributed by atoms with E-state index in [0.717, 1.165) is 35.4 Å². The molecule has 2 aromatic carbocycles. The van der Waals surface area contributed by atoms with Gasteiger partial charge in [-0.2, -0.15) is 13.2 Å². The van der Waals surface area contributed by atoms with Gasteiger partial charge in [0.05, 0.1) is 23.9 Å². The van der Waals surface area contributed by atoms with Gasteiger partial charge in [0.2, 0.25) is 0 Å². The Morgan fingerprint density at radius 2 is 1.87 bits per heavy atom. The maximum absolute atomic E-state index is 13.1. The van der Waals surface area contributed by atoms with Crippen LogP contribution >= 0.6 is 0 Å². The molecule has 0 aromatic heterocycles. The highest BCUT2D eigenvalue weighted by Crippen LogP contribution is 2.34. The Kier molecular flexibility index (Phi) is 6.31. The average molecular weight is 421 g/mol. The molecule has 1 heterocycles. The Hall–Kier alpha value is -3.07. The number of para-hydroxylation sites is 1. The molecular formula is C21H22F3N3O3. The summed E-state index contributed by atoms with van der Waals surface area (Å²) >= 11 is 0. The van der Waals surface area contributed by atoms with E-state index in [4.69, 9.17) is 4.74 Å². The number of alkyl halides is 3. The largest absolute Gasteiger partial charge is 0.493 e. The maximum Gasteiger partial charge on any atom is 0.418 e. The van der Waals surface area contributed by atoms with Crippen molar-refractivity contribution in [2.75, 3.05) is 32.6 Å². The van der Waals surface area contributed by atoms with Gasteiger partial charge in [0.1, 0.15) is 5.75 Å². The van der Waals surface area contributed by atoms with E-state index in [1.165, 1.54) is 12.1 Å². The molecule has 2 N–H and O–H groups in total. The van der Waals surface area contributed by atoms with Crippen molar-refractivity contribution >= 4 is 17.5 Å². The van der Waals surface area contributed by atoms with Gasteiger partial charge in [-0.25, -0.2) is 0 Å². The lowest BCUT2D eigenvalue weighted by Crippen LogP contribution is -2.40. The van der Waals surface area contributed by atoms with E-state index >= 15 is 0 Å². The molecule has 160 valence electrons. The van der Waals surface area contributed by atoms with Crippen LogP contribution in [0.1, 0.15) is 22.7 Å². The van der Waals surface area contributed by atoms with Crippen molar-refractivity contribution in [3.63, 3.8) is 0 Å². The van der Waals surface area contributed by atoms with Crippen molar-refractivity contribution in [1.82, 2.24) is 10.2 Å². The Morgan fingerprint density at radius 1 is 1.13 bits per heavy atom. The molecule has 0 saturated carbocycles. The number of rotatable bonds is 5. The summed E-state index contributed by atoms with van der Waals surface area (Å²) in [4.78, 5) is 26.2. The van der Waals surface area contributed by atoms with E-state index in [9.17, 15) is 22.8 Å². The first-order chi connectivity index (χ1) is 14.2. The minimum Gasteiger partial charge on any atom is -0.493 e. The molecule has 0 radical (unpaired) electrons. The summed E-state index contributed by atoms with van der Waals surface area (Å²) in [5, 5.41) is 4.55. The number of benzene rings is 2. The van der Waals surface area contributed by atoms with E-state index in [1.54, 1.807) is 0 Å². The molecule has 0 aliphatic carbocycles. The Morgan fingerprint density at radius 3 is 2.57 bits per heavy atom. The zero-order valence-corrected chi connectivity index (χ0v) is 16.5. The van der Waals surface area contributed by atoms with Crippen LogP contribution in [0.5, 0.6) is 5.75 Å². The lowest BCUT2D eigenvalue weighted by atomic mass is 10.0. The molecule has 0 spiro atoms. The number of anilines is 1. The average Bonchev–Trinajstić information content (AvgIpc) is 3.15. The minimum atomic E-state index is -4.65. The molecule has 1 atom stereocenters. The van der Waals surface area contributed by atoms with E-state index in [1.807, 2.05) is 42.5 Å². The summed E-state index contributed by atoms with van der Waals surface area (Å²) in [6.07, 6.45) is -3.84. The van der Waals surface area contributed by atoms with Crippen molar-refractivity contribution in [3.05, 3.63) is 59.2 Å². The van der Waals surface area contributed by atoms with Crippen molar-refractivity contribution in [2.24, 2.45) is 0 Å². The van der Waals surface area contributed by atoms with Gasteiger partial charge in [-0.3, -0.25) is 9.59 Å². The number of nitrogens with one attached hydrogen (secondary N) is 2. The molecule has 3 rings (SSSR count). The number of hydrogen-bond donors (Lipinski definition) is 2. The van der Waals surface area contributed by atoms with E-state index in [-0.39, 0.29) is 12.6 Å². The lowest BCUT2D eigenvalue weighted by Gasteiger charge is -2.25. The molecule has 2 amide bonds. The number of likely N-dealkylation sites (N-methyl/N-ethyl adjacent to an activating group) is 1. The number of hydrogen-bond acceptors (Lipinski definition) is 4. The second-order valence-corrected chi connectivity index (χ2v) is 7.15. The third kappa shape index (κ3) is 4.91. The fourth-order valence-corrected chi connectivity index (χ4v) is 3.30. The van der Waals surface area contributed by atoms with E-state index < -0.39 is 29.2 Å². The molecule has 0 bridgehead atoms. The molecule has 6 nitrogen and oxygen atoms in total. The van der Waals surface area contributed by atoms with E-state index in [0.29, 0.717) is 6.61 Å². The SMILES string of the molecule is CN(C)C(CNC(=O)C(=O)Nc1ccccc1C(F)(F)F)c1ccc2c(c1)CCO2. The van der Waals surface area contributed by atoms with Gasteiger partial charge in [-0.15, -0.1) is 0 Å². The molecule has 1 aliphatic heterocycles. The number of ether oxygens (including phenoxy) is 1. The van der Waals surface area contributed by atoms with Crippen LogP contribution in [0, 0.1) is 0 Å². The predicted molar refractivity (Wildman–Crippen MR) is 105 cm³/mol. The summed E-state index contributed by atoms with van der Waals surface area (Å²) in [5.41, 5.74) is 0.533.